The number of nitrogens with one attached hydrogen (secondary N) is 1. The van der Waals surface area contributed by atoms with Crippen molar-refractivity contribution >= 4 is 17.9 Å². The number of amides is 3. The molecule has 0 aromatic rings. The average Bonchev–Trinajstić information content (AvgIpc) is 2.48. The van der Waals surface area contributed by atoms with Crippen LogP contribution in [-0.4, -0.2) is 78.8 Å². The number of morpholine rings is 1. The smallest absolute Gasteiger partial charge is 0.326 e. The number of urea groups is 1. The van der Waals surface area contributed by atoms with Crippen molar-refractivity contribution < 1.29 is 24.2 Å². The minimum Gasteiger partial charge on any atom is -0.480 e. The maximum Gasteiger partial charge on any atom is 0.326 e. The molecule has 0 aromatic carbocycles. The molecule has 1 aliphatic rings. The van der Waals surface area contributed by atoms with Gasteiger partial charge in [0, 0.05) is 33.1 Å². The highest BCUT2D eigenvalue weighted by molar-refractivity contribution is 5.83. The Kier molecular flexibility index (Phi) is 6.93. The molecule has 1 atom stereocenters. The van der Waals surface area contributed by atoms with Gasteiger partial charge in [0.25, 0.3) is 0 Å². The zero-order valence-electron chi connectivity index (χ0n) is 12.5. The standard InChI is InChI=1S/C13H23N3O5/c1-3-10(12(18)19)15(2)13(20)14-5-4-11(17)16-6-8-21-9-7-16/h10H,3-9H2,1-2H3,(H,14,20)(H,18,19). The molecule has 0 radical (unpaired) electrons. The van der Waals surface area contributed by atoms with Crippen LogP contribution < -0.4 is 5.32 Å². The van der Waals surface area contributed by atoms with E-state index in [-0.39, 0.29) is 18.9 Å². The largest absolute Gasteiger partial charge is 0.480 e. The van der Waals surface area contributed by atoms with Crippen molar-refractivity contribution in [3.8, 4) is 0 Å². The molecule has 0 aliphatic carbocycles. The molecule has 1 fully saturated rings. The first-order chi connectivity index (χ1) is 9.97. The topological polar surface area (TPSA) is 99.2 Å². The molecule has 1 unspecified atom stereocenters. The molecule has 8 nitrogen and oxygen atoms in total. The van der Waals surface area contributed by atoms with Crippen molar-refractivity contribution in [1.82, 2.24) is 15.1 Å². The summed E-state index contributed by atoms with van der Waals surface area (Å²) in [5.41, 5.74) is 0. The highest BCUT2D eigenvalue weighted by atomic mass is 16.5. The Balaban J connectivity index is 2.32. The zero-order chi connectivity index (χ0) is 15.8. The molecule has 1 saturated heterocycles. The molecule has 0 bridgehead atoms. The van der Waals surface area contributed by atoms with Gasteiger partial charge >= 0.3 is 12.0 Å². The Morgan fingerprint density at radius 3 is 2.48 bits per heavy atom. The quantitative estimate of drug-likeness (QED) is 0.704. The Labute approximate surface area is 124 Å². The second-order valence-electron chi connectivity index (χ2n) is 4.85. The van der Waals surface area contributed by atoms with Crippen LogP contribution in [0.5, 0.6) is 0 Å². The van der Waals surface area contributed by atoms with Crippen LogP contribution >= 0.6 is 0 Å². The lowest BCUT2D eigenvalue weighted by molar-refractivity contribution is -0.142. The van der Waals surface area contributed by atoms with Crippen molar-refractivity contribution in [3.05, 3.63) is 0 Å². The number of carbonyl (C=O) groups excluding carboxylic acids is 2. The number of carbonyl (C=O) groups is 3. The average molecular weight is 301 g/mol. The molecule has 21 heavy (non-hydrogen) atoms. The molecule has 0 spiro atoms. The predicted octanol–water partition coefficient (Wildman–Crippen LogP) is -0.260. The Hall–Kier alpha value is -1.83. The monoisotopic (exact) mass is 301 g/mol. The summed E-state index contributed by atoms with van der Waals surface area (Å²) in [5.74, 6) is -1.08. The third-order valence-corrected chi connectivity index (χ3v) is 3.44. The number of hydrogen-bond donors (Lipinski definition) is 2. The van der Waals surface area contributed by atoms with Crippen molar-refractivity contribution in [2.45, 2.75) is 25.8 Å². The third-order valence-electron chi connectivity index (χ3n) is 3.44. The van der Waals surface area contributed by atoms with Crippen molar-refractivity contribution in [3.63, 3.8) is 0 Å². The van der Waals surface area contributed by atoms with Crippen LogP contribution in [0.25, 0.3) is 0 Å². The molecule has 0 aromatic heterocycles. The molecule has 1 heterocycles. The van der Waals surface area contributed by atoms with E-state index >= 15 is 0 Å². The number of carboxylic acids is 1. The number of aliphatic carboxylic acids is 1. The van der Waals surface area contributed by atoms with Crippen LogP contribution in [0.15, 0.2) is 0 Å². The van der Waals surface area contributed by atoms with Crippen molar-refractivity contribution in [2.75, 3.05) is 39.9 Å². The fraction of sp³-hybridized carbons (Fsp3) is 0.769. The van der Waals surface area contributed by atoms with Gasteiger partial charge in [0.05, 0.1) is 13.2 Å². The van der Waals surface area contributed by atoms with Gasteiger partial charge in [0.2, 0.25) is 5.91 Å². The molecule has 1 rings (SSSR count). The minimum atomic E-state index is -1.04. The molecular weight excluding hydrogens is 278 g/mol. The van der Waals surface area contributed by atoms with Gasteiger partial charge < -0.3 is 25.0 Å². The Morgan fingerprint density at radius 2 is 1.95 bits per heavy atom. The van der Waals surface area contributed by atoms with Gasteiger partial charge in [0.15, 0.2) is 0 Å². The van der Waals surface area contributed by atoms with E-state index in [2.05, 4.69) is 5.32 Å². The van der Waals surface area contributed by atoms with Crippen LogP contribution in [0, 0.1) is 0 Å². The van der Waals surface area contributed by atoms with Crippen molar-refractivity contribution in [1.29, 1.82) is 0 Å². The zero-order valence-corrected chi connectivity index (χ0v) is 12.5. The van der Waals surface area contributed by atoms with Crippen LogP contribution in [-0.2, 0) is 14.3 Å². The van der Waals surface area contributed by atoms with E-state index in [1.165, 1.54) is 7.05 Å². The second kappa shape index (κ2) is 8.46. The number of nitrogens with zero attached hydrogens (tertiary/aromatic N) is 2. The molecule has 120 valence electrons. The van der Waals surface area contributed by atoms with Gasteiger partial charge in [-0.05, 0) is 6.42 Å². The molecule has 1 aliphatic heterocycles. The maximum absolute atomic E-state index is 11.9. The van der Waals surface area contributed by atoms with Crippen LogP contribution in [0.4, 0.5) is 4.79 Å². The molecule has 3 amide bonds. The SMILES string of the molecule is CCC(C(=O)O)N(C)C(=O)NCCC(=O)N1CCOCC1. The van der Waals surface area contributed by atoms with Crippen LogP contribution in [0.3, 0.4) is 0 Å². The fourth-order valence-corrected chi connectivity index (χ4v) is 2.13. The van der Waals surface area contributed by atoms with Gasteiger partial charge in [-0.2, -0.15) is 0 Å². The first-order valence-corrected chi connectivity index (χ1v) is 7.06. The molecular formula is C13H23N3O5. The summed E-state index contributed by atoms with van der Waals surface area (Å²) in [6, 6.07) is -1.35. The number of ether oxygens (including phenoxy) is 1. The van der Waals surface area contributed by atoms with E-state index < -0.39 is 18.0 Å². The molecule has 0 saturated carbocycles. The van der Waals surface area contributed by atoms with E-state index in [0.29, 0.717) is 32.7 Å². The first-order valence-electron chi connectivity index (χ1n) is 7.06. The highest BCUT2D eigenvalue weighted by Gasteiger charge is 2.24. The maximum atomic E-state index is 11.9. The summed E-state index contributed by atoms with van der Waals surface area (Å²) >= 11 is 0. The lowest BCUT2D eigenvalue weighted by Gasteiger charge is -2.27. The summed E-state index contributed by atoms with van der Waals surface area (Å²) < 4.78 is 5.16. The Morgan fingerprint density at radius 1 is 1.33 bits per heavy atom. The van der Waals surface area contributed by atoms with Gasteiger partial charge in [-0.25, -0.2) is 9.59 Å². The normalized spacial score (nSPS) is 16.2. The van der Waals surface area contributed by atoms with Gasteiger partial charge in [-0.1, -0.05) is 6.92 Å². The summed E-state index contributed by atoms with van der Waals surface area (Å²) in [6.45, 7) is 4.11. The number of hydrogen-bond acceptors (Lipinski definition) is 4. The lowest BCUT2D eigenvalue weighted by Crippen LogP contribution is -2.48. The second-order valence-corrected chi connectivity index (χ2v) is 4.85. The molecule has 2 N–H and O–H groups in total. The highest BCUT2D eigenvalue weighted by Crippen LogP contribution is 2.03. The van der Waals surface area contributed by atoms with E-state index in [0.717, 1.165) is 4.90 Å². The van der Waals surface area contributed by atoms with Crippen molar-refractivity contribution in [2.24, 2.45) is 0 Å². The summed E-state index contributed by atoms with van der Waals surface area (Å²) in [4.78, 5) is 37.5. The summed E-state index contributed by atoms with van der Waals surface area (Å²) in [6.07, 6.45) is 0.523. The van der Waals surface area contributed by atoms with E-state index in [1.54, 1.807) is 11.8 Å². The fourth-order valence-electron chi connectivity index (χ4n) is 2.13. The third kappa shape index (κ3) is 5.22. The van der Waals surface area contributed by atoms with Gasteiger partial charge in [0.1, 0.15) is 6.04 Å². The van der Waals surface area contributed by atoms with E-state index in [9.17, 15) is 14.4 Å². The Bertz CT molecular complexity index is 382. The van der Waals surface area contributed by atoms with Crippen LogP contribution in [0.1, 0.15) is 19.8 Å². The number of rotatable bonds is 6. The number of carboxylic acid groups (broad SMARTS) is 1. The first kappa shape index (κ1) is 17.2. The number of likely N-dealkylation sites (N-methyl/N-ethyl adjacent to an activating group) is 1. The lowest BCUT2D eigenvalue weighted by atomic mass is 10.2. The predicted molar refractivity (Wildman–Crippen MR) is 74.9 cm³/mol. The van der Waals surface area contributed by atoms with E-state index in [4.69, 9.17) is 9.84 Å². The van der Waals surface area contributed by atoms with Gasteiger partial charge in [-0.15, -0.1) is 0 Å². The summed E-state index contributed by atoms with van der Waals surface area (Å²) in [7, 11) is 1.43. The minimum absolute atomic E-state index is 0.0356. The van der Waals surface area contributed by atoms with E-state index in [1.807, 2.05) is 0 Å². The van der Waals surface area contributed by atoms with Gasteiger partial charge in [-0.3, -0.25) is 4.79 Å². The molecule has 8 heteroatoms. The summed E-state index contributed by atoms with van der Waals surface area (Å²) in [5, 5.41) is 11.5. The van der Waals surface area contributed by atoms with Crippen LogP contribution in [0.2, 0.25) is 0 Å².